The average molecular weight is 2150 g/mol. The summed E-state index contributed by atoms with van der Waals surface area (Å²) in [5.41, 5.74) is 46.5. The molecule has 0 bridgehead atoms. The summed E-state index contributed by atoms with van der Waals surface area (Å²) in [4.78, 5) is 23.2. The monoisotopic (exact) mass is 2140 g/mol. The van der Waals surface area contributed by atoms with Gasteiger partial charge in [-0.15, -0.1) is 0 Å². The lowest BCUT2D eigenvalue weighted by molar-refractivity contribution is 0.590. The summed E-state index contributed by atoms with van der Waals surface area (Å²) >= 11 is 10.5. The number of oxazole rings is 4. The number of hydrogen-bond acceptors (Lipinski definition) is 12. The van der Waals surface area contributed by atoms with Crippen molar-refractivity contribution in [1.29, 1.82) is 0 Å². The highest BCUT2D eigenvalue weighted by atomic mass is 79.9. The van der Waals surface area contributed by atoms with Crippen LogP contribution in [-0.4, -0.2) is 19.9 Å². The fourth-order valence-electron chi connectivity index (χ4n) is 19.5. The van der Waals surface area contributed by atoms with Crippen molar-refractivity contribution in [3.05, 3.63) is 470 Å². The van der Waals surface area contributed by atoms with Crippen LogP contribution in [0.5, 0.6) is 0 Å². The number of hydrogen-bond donors (Lipinski definition) is 2. The Morgan fingerprint density at radius 3 is 0.799 bits per heavy atom. The summed E-state index contributed by atoms with van der Waals surface area (Å²) in [7, 11) is 0. The Kier molecular flexibility index (Phi) is 27.9. The van der Waals surface area contributed by atoms with Gasteiger partial charge >= 0.3 is 0 Å². The Morgan fingerprint density at radius 2 is 0.463 bits per heavy atom. The van der Waals surface area contributed by atoms with Gasteiger partial charge in [0.1, 0.15) is 22.1 Å². The van der Waals surface area contributed by atoms with E-state index in [-0.39, 0.29) is 32.5 Å². The van der Waals surface area contributed by atoms with Gasteiger partial charge in [0.2, 0.25) is 23.6 Å². The molecule has 2 aliphatic rings. The molecule has 0 saturated heterocycles. The van der Waals surface area contributed by atoms with Crippen molar-refractivity contribution in [2.75, 3.05) is 20.9 Å². The van der Waals surface area contributed by atoms with Crippen LogP contribution < -0.4 is 20.9 Å². The first-order chi connectivity index (χ1) is 71.4. The van der Waals surface area contributed by atoms with Crippen LogP contribution in [0.1, 0.15) is 155 Å². The van der Waals surface area contributed by atoms with Crippen molar-refractivity contribution in [1.82, 2.24) is 19.9 Å². The molecule has 12 nitrogen and oxygen atoms in total. The van der Waals surface area contributed by atoms with E-state index in [9.17, 15) is 0 Å². The minimum atomic E-state index is -0.255. The van der Waals surface area contributed by atoms with E-state index in [1.54, 1.807) is 0 Å². The van der Waals surface area contributed by atoms with Crippen molar-refractivity contribution in [2.45, 2.75) is 143 Å². The smallest absolute Gasteiger partial charge is 0.227 e. The fraction of sp³-hybridized carbons (Fsp3) is 0.164. The number of rotatable bonds is 14. The normalized spacial score (nSPS) is 12.7. The van der Waals surface area contributed by atoms with Gasteiger partial charge in [-0.25, -0.2) is 19.9 Å². The molecule has 0 radical (unpaired) electrons. The molecular weight excluding hydrogens is 2030 g/mol. The van der Waals surface area contributed by atoms with Gasteiger partial charge < -0.3 is 38.5 Å². The molecule has 3 N–H and O–H groups in total. The number of aromatic nitrogens is 4. The van der Waals surface area contributed by atoms with E-state index in [0.717, 1.165) is 131 Å². The fourth-order valence-corrected chi connectivity index (χ4v) is 20.4. The summed E-state index contributed by atoms with van der Waals surface area (Å²) < 4.78 is 27.2. The molecule has 149 heavy (non-hydrogen) atoms. The predicted molar refractivity (Wildman–Crippen MR) is 632 cm³/mol. The number of nitrogen functional groups attached to an aromatic ring is 1. The molecule has 0 aliphatic heterocycles. The van der Waals surface area contributed by atoms with E-state index in [1.807, 2.05) is 146 Å². The molecule has 0 fully saturated rings. The molecule has 0 atom stereocenters. The van der Waals surface area contributed by atoms with Crippen LogP contribution in [-0.2, 0) is 32.5 Å². The summed E-state index contributed by atoms with van der Waals surface area (Å²) in [6.45, 7) is 36.2. The Hall–Kier alpha value is -15.5. The number of nitrogens with one attached hydrogen (secondary N) is 1. The van der Waals surface area contributed by atoms with Gasteiger partial charge in [-0.05, 0) is 365 Å². The van der Waals surface area contributed by atoms with Gasteiger partial charge in [0.15, 0.2) is 22.3 Å². The van der Waals surface area contributed by atoms with E-state index < -0.39 is 0 Å². The van der Waals surface area contributed by atoms with Crippen molar-refractivity contribution in [3.8, 4) is 90.3 Å². The molecule has 18 aromatic carbocycles. The third-order valence-corrected chi connectivity index (χ3v) is 29.7. The number of benzene rings is 18. The zero-order valence-electron chi connectivity index (χ0n) is 86.8. The maximum absolute atomic E-state index is 6.16. The maximum atomic E-state index is 6.16. The molecule has 0 spiro atoms. The molecular formula is C134H119Br3N8O4. The van der Waals surface area contributed by atoms with E-state index in [0.29, 0.717) is 23.6 Å². The summed E-state index contributed by atoms with van der Waals surface area (Å²) in [5.74, 6) is 2.50. The topological polar surface area (TPSA) is 149 Å². The third-order valence-electron chi connectivity index (χ3n) is 28.1. The lowest BCUT2D eigenvalue weighted by atomic mass is 9.81. The second kappa shape index (κ2) is 41.3. The van der Waals surface area contributed by atoms with Crippen LogP contribution in [0.25, 0.3) is 135 Å². The van der Waals surface area contributed by atoms with Gasteiger partial charge in [-0.3, -0.25) is 0 Å². The summed E-state index contributed by atoms with van der Waals surface area (Å²) in [5, 5.41) is 3.44. The molecule has 740 valence electrons. The van der Waals surface area contributed by atoms with Crippen LogP contribution >= 0.6 is 47.8 Å². The second-order valence-corrected chi connectivity index (χ2v) is 46.2. The number of nitrogens with zero attached hydrogens (tertiary/aromatic N) is 6. The van der Waals surface area contributed by atoms with Crippen LogP contribution in [0.2, 0.25) is 0 Å². The van der Waals surface area contributed by atoms with Crippen molar-refractivity contribution < 1.29 is 17.7 Å². The van der Waals surface area contributed by atoms with Crippen molar-refractivity contribution in [2.24, 2.45) is 0 Å². The average Bonchev–Trinajstić information content (AvgIpc) is 1.57. The maximum Gasteiger partial charge on any atom is 0.227 e. The first-order valence-electron chi connectivity index (χ1n) is 50.6. The van der Waals surface area contributed by atoms with E-state index in [1.165, 1.54) is 89.0 Å². The van der Waals surface area contributed by atoms with Gasteiger partial charge in [0.25, 0.3) is 0 Å². The highest BCUT2D eigenvalue weighted by Crippen LogP contribution is 2.54. The minimum Gasteiger partial charge on any atom is -0.436 e. The number of nitrogens with two attached hydrogens (primary N) is 1. The Morgan fingerprint density at radius 1 is 0.235 bits per heavy atom. The Labute approximate surface area is 898 Å². The first-order valence-corrected chi connectivity index (χ1v) is 53.0. The Bertz CT molecular complexity index is 8420. The molecule has 0 amide bonds. The lowest BCUT2D eigenvalue weighted by Crippen LogP contribution is -2.17. The third kappa shape index (κ3) is 22.0. The van der Waals surface area contributed by atoms with E-state index in [4.69, 9.17) is 33.4 Å². The van der Waals surface area contributed by atoms with Gasteiger partial charge in [0.05, 0.1) is 0 Å². The molecule has 15 heteroatoms. The highest BCUT2D eigenvalue weighted by Gasteiger charge is 2.39. The first kappa shape index (κ1) is 101. The molecule has 2 aliphatic carbocycles. The standard InChI is InChI=1S/C67H58N4O2.C23H22N2O.C21H16Br2.C13H10N2O.C10H13Br/c1-65(2,3)47-24-34-52(35-25-47)70(50-30-19-44(20-31-50)63-68-59-13-9-11-15-61(59)72-63)49-28-17-43(18-29-49)46-23-39-55-56-40-38-54(42-58(56)67(7,8)57(55)41-46)71(53-36-26-48(27-37-53)66(4,5)6)51-32-21-45(22-33-51)64-69-60-14-10-12-16-62(60)73-64;1-23(2,3)17-10-14-19(15-11-17)24-18-12-8-16(9-13-18)22-25-20-6-4-5-7-21(20)26-22;1-21(2)19-11-14(13-3-6-15(22)7-4-13)5-9-17(19)18-10-8-16(23)12-20(18)21;14-10-7-5-9(6-8-10)13-15-11-3-1-2-4-12(11)16-13;1-10(2,3)8-4-6-9(11)7-5-8/h9-42H,1-8H3;4-15,24H,1-3H3;3-12H,1-2H3;1-8H,14H2;4-7H,1-3H3. The summed E-state index contributed by atoms with van der Waals surface area (Å²) in [6, 6.07) is 144. The van der Waals surface area contributed by atoms with Crippen molar-refractivity contribution >= 4 is 143 Å². The number of fused-ring (bicyclic) bond motifs is 10. The van der Waals surface area contributed by atoms with E-state index in [2.05, 4.69) is 451 Å². The van der Waals surface area contributed by atoms with Crippen LogP contribution in [0, 0.1) is 0 Å². The number of para-hydroxylation sites is 8. The molecule has 0 saturated carbocycles. The van der Waals surface area contributed by atoms with Gasteiger partial charge in [-0.2, -0.15) is 0 Å². The quantitative estimate of drug-likeness (QED) is 0.0998. The summed E-state index contributed by atoms with van der Waals surface area (Å²) in [6.07, 6.45) is 0. The number of halogens is 3. The molecule has 24 rings (SSSR count). The predicted octanol–water partition coefficient (Wildman–Crippen LogP) is 39.4. The van der Waals surface area contributed by atoms with Crippen LogP contribution in [0.4, 0.5) is 51.2 Å². The zero-order chi connectivity index (χ0) is 104. The minimum absolute atomic E-state index is 0.0276. The van der Waals surface area contributed by atoms with Crippen LogP contribution in [0.3, 0.4) is 0 Å². The van der Waals surface area contributed by atoms with Crippen molar-refractivity contribution in [3.63, 3.8) is 0 Å². The zero-order valence-corrected chi connectivity index (χ0v) is 91.5. The second-order valence-electron chi connectivity index (χ2n) is 43.5. The number of anilines is 9. The van der Waals surface area contributed by atoms with Gasteiger partial charge in [-0.1, -0.05) is 316 Å². The van der Waals surface area contributed by atoms with Crippen LogP contribution in [0.15, 0.2) is 444 Å². The highest BCUT2D eigenvalue weighted by molar-refractivity contribution is 9.11. The molecule has 4 aromatic heterocycles. The molecule has 22 aromatic rings. The molecule has 4 heterocycles. The molecule has 0 unspecified atom stereocenters. The van der Waals surface area contributed by atoms with E-state index >= 15 is 0 Å². The SMILES string of the molecule is CC(C)(C)c1ccc(Br)cc1.CC(C)(C)c1ccc(N(c2ccc(-c3ccc4c(c3)C(C)(C)c3cc(N(c5ccc(-c6nc7ccccc7o6)cc5)c5ccc(C(C)(C)C)cc5)ccc3-4)cc2)c2ccc(-c3nc4ccccc4o3)cc2)cc1.CC(C)(C)c1ccc(Nc2ccc(-c3nc4ccccc4o3)cc2)cc1.CC1(C)c2cc(Br)ccc2-c2ccc(-c3ccc(Br)cc3)cc21.Nc1ccc(-c2nc3ccccc3o2)cc1. The van der Waals surface area contributed by atoms with Gasteiger partial charge in [0, 0.05) is 97.7 Å². The largest absolute Gasteiger partial charge is 0.436 e. The Balaban J connectivity index is 0.000000141. The lowest BCUT2D eigenvalue weighted by Gasteiger charge is -2.29.